The Morgan fingerprint density at radius 3 is 1.30 bits per heavy atom. The minimum atomic E-state index is -1.56. The van der Waals surface area contributed by atoms with E-state index in [1.807, 2.05) is 30.3 Å². The Kier molecular flexibility index (Phi) is 36.6. The number of carbonyl (C=O) groups excluding carboxylic acids is 12. The van der Waals surface area contributed by atoms with Crippen LogP contribution >= 0.6 is 23.5 Å². The molecule has 0 aromatic heterocycles. The second-order valence-corrected chi connectivity index (χ2v) is 27.3. The van der Waals surface area contributed by atoms with Crippen LogP contribution in [0.5, 0.6) is 0 Å². The fraction of sp³-hybridized carbons (Fsp3) is 0.731. The number of benzene rings is 1. The molecule has 0 radical (unpaired) electrons. The molecule has 0 saturated carbocycles. The van der Waals surface area contributed by atoms with Crippen molar-refractivity contribution < 1.29 is 144 Å². The summed E-state index contributed by atoms with van der Waals surface area (Å²) < 4.78 is 95.2. The third-order valence-corrected chi connectivity index (χ3v) is 17.8. The Balaban J connectivity index is 0.000000368. The summed E-state index contributed by atoms with van der Waals surface area (Å²) >= 11 is 2.49. The lowest BCUT2D eigenvalue weighted by molar-refractivity contribution is -0.374. The third-order valence-electron chi connectivity index (χ3n) is 16.0. The van der Waals surface area contributed by atoms with E-state index in [9.17, 15) is 67.7 Å². The normalized spacial score (nSPS) is 30.6. The Bertz CT molecular complexity index is 2910. The fourth-order valence-electron chi connectivity index (χ4n) is 12.0. The lowest BCUT2D eigenvalue weighted by atomic mass is 9.86. The number of aliphatic hydroxyl groups is 2. The van der Waals surface area contributed by atoms with Gasteiger partial charge in [-0.1, -0.05) is 66.7 Å². The van der Waals surface area contributed by atoms with E-state index in [0.717, 1.165) is 58.9 Å². The summed E-state index contributed by atoms with van der Waals surface area (Å²) in [6.07, 6.45) is -16.8. The van der Waals surface area contributed by atoms with Crippen LogP contribution in [0, 0.1) is 11.8 Å². The van der Waals surface area contributed by atoms with Crippen molar-refractivity contribution in [1.29, 1.82) is 0 Å². The van der Waals surface area contributed by atoms with Crippen molar-refractivity contribution in [3.05, 3.63) is 35.9 Å². The first-order valence-electron chi connectivity index (χ1n) is 33.4. The number of hydrogen-bond acceptors (Lipinski definition) is 32. The summed E-state index contributed by atoms with van der Waals surface area (Å²) in [5, 5.41) is 26.9. The molecule has 32 nitrogen and oxygen atoms in total. The number of ketones is 2. The minimum Gasteiger partial charge on any atom is -0.463 e. The quantitative estimate of drug-likeness (QED) is 0.0437. The van der Waals surface area contributed by atoms with E-state index < -0.39 is 196 Å². The third kappa shape index (κ3) is 28.5. The van der Waals surface area contributed by atoms with Crippen molar-refractivity contribution in [3.8, 4) is 0 Å². The summed E-state index contributed by atoms with van der Waals surface area (Å²) in [7, 11) is 0. The molecule has 101 heavy (non-hydrogen) atoms. The van der Waals surface area contributed by atoms with E-state index in [1.54, 1.807) is 0 Å². The molecule has 5 aliphatic rings. The predicted octanol–water partition coefficient (Wildman–Crippen LogP) is 3.10. The number of aliphatic hydroxyl groups excluding tert-OH is 2. The highest BCUT2D eigenvalue weighted by Crippen LogP contribution is 2.42. The van der Waals surface area contributed by atoms with Gasteiger partial charge in [0.1, 0.15) is 97.9 Å². The van der Waals surface area contributed by atoms with Crippen molar-refractivity contribution in [2.45, 2.75) is 251 Å². The number of esters is 6. The van der Waals surface area contributed by atoms with Gasteiger partial charge in [-0.2, -0.15) is 0 Å². The zero-order valence-corrected chi connectivity index (χ0v) is 60.6. The van der Waals surface area contributed by atoms with Gasteiger partial charge in [0.05, 0.1) is 25.0 Å². The van der Waals surface area contributed by atoms with Crippen molar-refractivity contribution in [3.63, 3.8) is 0 Å². The van der Waals surface area contributed by atoms with Gasteiger partial charge in [0.25, 0.3) is 0 Å². The largest absolute Gasteiger partial charge is 0.463 e. The van der Waals surface area contributed by atoms with E-state index in [2.05, 4.69) is 10.6 Å². The number of ether oxygens (including phenoxy) is 16. The van der Waals surface area contributed by atoms with Crippen LogP contribution in [-0.2, 0) is 133 Å². The van der Waals surface area contributed by atoms with Gasteiger partial charge in [-0.15, -0.1) is 0 Å². The van der Waals surface area contributed by atoms with Gasteiger partial charge in [0.2, 0.25) is 11.8 Å². The Hall–Kier alpha value is -6.12. The molecule has 4 N–H and O–H groups in total. The molecule has 5 heterocycles. The maximum absolute atomic E-state index is 12.8. The summed E-state index contributed by atoms with van der Waals surface area (Å²) in [5.74, 6) is -6.77. The number of unbranched alkanes of at least 4 members (excludes halogenated alkanes) is 4. The Morgan fingerprint density at radius 1 is 0.475 bits per heavy atom. The monoisotopic (exact) mass is 1470 g/mol. The summed E-state index contributed by atoms with van der Waals surface area (Å²) in [6.45, 7) is 14.1. The maximum atomic E-state index is 12.8. The van der Waals surface area contributed by atoms with E-state index in [0.29, 0.717) is 24.3 Å². The molecule has 5 saturated heterocycles. The van der Waals surface area contributed by atoms with Gasteiger partial charge in [0.15, 0.2) is 53.9 Å². The molecule has 34 heteroatoms. The second kappa shape index (κ2) is 43.2. The molecule has 568 valence electrons. The maximum Gasteiger partial charge on any atom is 0.303 e. The van der Waals surface area contributed by atoms with Crippen LogP contribution in [-0.4, -0.2) is 241 Å². The number of rotatable bonds is 34. The van der Waals surface area contributed by atoms with Crippen LogP contribution in [0.25, 0.3) is 0 Å². The number of nitrogens with one attached hydrogen (secondary N) is 2. The van der Waals surface area contributed by atoms with Gasteiger partial charge in [0, 0.05) is 112 Å². The Morgan fingerprint density at radius 2 is 0.891 bits per heavy atom. The minimum absolute atomic E-state index is 0.0286. The van der Waals surface area contributed by atoms with Crippen molar-refractivity contribution in [1.82, 2.24) is 10.6 Å². The zero-order valence-electron chi connectivity index (χ0n) is 59.0. The predicted molar refractivity (Wildman–Crippen MR) is 352 cm³/mol. The zero-order chi connectivity index (χ0) is 74.6. The van der Waals surface area contributed by atoms with E-state index in [1.165, 1.54) is 78.9 Å². The van der Waals surface area contributed by atoms with Crippen LogP contribution in [0.2, 0.25) is 0 Å². The van der Waals surface area contributed by atoms with Crippen molar-refractivity contribution >= 4 is 93.0 Å². The average Bonchev–Trinajstić information content (AvgIpc) is 0.767. The highest BCUT2D eigenvalue weighted by molar-refractivity contribution is 8.13. The molecule has 0 spiro atoms. The summed E-state index contributed by atoms with van der Waals surface area (Å²) in [4.78, 5) is 145. The molecule has 21 atom stereocenters. The molecular formula is C67H98N2O30S2. The lowest BCUT2D eigenvalue weighted by Gasteiger charge is -2.52. The van der Waals surface area contributed by atoms with E-state index >= 15 is 0 Å². The number of carbonyl (C=O) groups is 12. The molecule has 5 fully saturated rings. The smallest absolute Gasteiger partial charge is 0.303 e. The number of Topliss-reactive ketones (excluding diaryl/α,β-unsaturated/α-hetero) is 2. The van der Waals surface area contributed by atoms with E-state index in [-0.39, 0.29) is 54.5 Å². The Labute approximate surface area is 594 Å². The van der Waals surface area contributed by atoms with Crippen LogP contribution < -0.4 is 10.6 Å². The molecule has 1 aromatic rings. The van der Waals surface area contributed by atoms with Crippen LogP contribution in [0.15, 0.2) is 30.3 Å². The molecule has 0 bridgehead atoms. The highest BCUT2D eigenvalue weighted by atomic mass is 32.2. The van der Waals surface area contributed by atoms with Crippen molar-refractivity contribution in [2.75, 3.05) is 51.1 Å². The van der Waals surface area contributed by atoms with Crippen LogP contribution in [0.1, 0.15) is 146 Å². The number of thioether (sulfide) groups is 2. The lowest BCUT2D eigenvalue weighted by Crippen LogP contribution is -2.69. The summed E-state index contributed by atoms with van der Waals surface area (Å²) in [5.41, 5.74) is 0.719. The van der Waals surface area contributed by atoms with Gasteiger partial charge in [-0.3, -0.25) is 47.9 Å². The first-order valence-corrected chi connectivity index (χ1v) is 35.4. The van der Waals surface area contributed by atoms with Crippen LogP contribution in [0.4, 0.5) is 0 Å². The summed E-state index contributed by atoms with van der Waals surface area (Å²) in [6, 6.07) is 7.03. The fourth-order valence-corrected chi connectivity index (χ4v) is 13.3. The number of fused-ring (bicyclic) bond motifs is 1. The SMILES string of the molecule is CC(=O)CC1[C@H](O[C@@H]2C(NC(C)=O)[C@@H](OCCCCCSC(C)=O)OC(CO)[C@@H]2O)OC(COC(C)=O)[C@H](OC(C)=O)[C@@H]1OC(C)=O.CC(=O)CC1[C@H](O[C@@H]2C(NC(C)=O)[C@@H](OCCCCCSC(C)=O)OC3COC(c4ccccc4)O[C@@H]32)OC(COC(C)=O)[C@H](OC(C)=O)[C@@H]1OC(C)=O. The molecule has 0 aliphatic carbocycles. The van der Waals surface area contributed by atoms with E-state index in [4.69, 9.17) is 75.8 Å². The average molecular weight is 1480 g/mol. The number of hydrogen-bond donors (Lipinski definition) is 4. The molecule has 1 aromatic carbocycles. The van der Waals surface area contributed by atoms with Crippen molar-refractivity contribution in [2.24, 2.45) is 11.8 Å². The molecule has 6 rings (SSSR count). The molecular weight excluding hydrogens is 1380 g/mol. The topological polar surface area (TPSA) is 417 Å². The van der Waals surface area contributed by atoms with Gasteiger partial charge < -0.3 is 106 Å². The number of amides is 2. The van der Waals surface area contributed by atoms with Gasteiger partial charge in [-0.05, 0) is 39.5 Å². The second-order valence-electron chi connectivity index (χ2n) is 24.8. The molecule has 9 unspecified atom stereocenters. The molecule has 5 aliphatic heterocycles. The first-order chi connectivity index (χ1) is 47.9. The van der Waals surface area contributed by atoms with Gasteiger partial charge >= 0.3 is 35.8 Å². The van der Waals surface area contributed by atoms with Crippen LogP contribution in [0.3, 0.4) is 0 Å². The highest BCUT2D eigenvalue weighted by Gasteiger charge is 2.58. The standard InChI is InChI=1S/C37H51NO15S.C30H47NO15S/c1-20(39)17-27-31(48-23(4)42)32(49-24(5)43)28(18-46-22(3)41)50-36(27)53-34-30(38-21(2)40)37(45-15-11-8-12-16-54-25(6)44)51-29-19-47-35(52-33(29)34)26-13-9-7-10-14-26;1-15(33)12-21-26(42-18(4)36)27(43-19(5)37)23(14-41-17(3)35)45-29(21)46-28-24(31-16(2)34)30(44-22(13-32)25(28)39)40-10-8-7-9-11-47-20(6)38/h7,9-10,13-14,27-37H,8,11-12,15-19H2,1-6H3,(H,38,40);21-30,32,39H,7-14H2,1-6H3,(H,31,34)/t27?,28?,29?,30?,31-,32+,33+,34-,35?,36+,37+;21?,22?,23?,24?,25-,26+,27-,28+,29-,30-/m10/s1. The first kappa shape index (κ1) is 85.5. The molecule has 2 amide bonds. The van der Waals surface area contributed by atoms with Gasteiger partial charge in [-0.25, -0.2) is 0 Å².